The molecule has 2 N–H and O–H groups in total. The minimum Gasteiger partial charge on any atom is -0.397 e. The number of pyridine rings is 1. The third kappa shape index (κ3) is 1.30. The topological polar surface area (TPSA) is 62.7 Å². The number of benzene rings is 1. The highest BCUT2D eigenvalue weighted by atomic mass is 14.7. The van der Waals surface area contributed by atoms with Gasteiger partial charge < -0.3 is 5.73 Å². The van der Waals surface area contributed by atoms with Gasteiger partial charge in [0.15, 0.2) is 0 Å². The number of fused-ring (bicyclic) bond motifs is 1. The number of hydrogen-bond donors (Lipinski definition) is 1. The van der Waals surface area contributed by atoms with E-state index in [0.29, 0.717) is 11.3 Å². The van der Waals surface area contributed by atoms with Crippen LogP contribution in [0, 0.1) is 11.3 Å². The molecule has 1 aromatic carbocycles. The van der Waals surface area contributed by atoms with Crippen LogP contribution in [-0.2, 0) is 0 Å². The van der Waals surface area contributed by atoms with Crippen LogP contribution in [0.2, 0.25) is 0 Å². The SMILES string of the molecule is N#Cc1ccc2cc(N)cnc2c1. The van der Waals surface area contributed by atoms with E-state index >= 15 is 0 Å². The normalized spacial score (nSPS) is 9.77. The number of aromatic nitrogens is 1. The summed E-state index contributed by atoms with van der Waals surface area (Å²) in [6, 6.07) is 9.24. The second-order valence-electron chi connectivity index (χ2n) is 2.79. The third-order valence-corrected chi connectivity index (χ3v) is 1.83. The molecular weight excluding hydrogens is 162 g/mol. The molecule has 13 heavy (non-hydrogen) atoms. The monoisotopic (exact) mass is 169 g/mol. The second-order valence-corrected chi connectivity index (χ2v) is 2.79. The molecule has 0 unspecified atom stereocenters. The van der Waals surface area contributed by atoms with Crippen LogP contribution in [-0.4, -0.2) is 4.98 Å². The Hall–Kier alpha value is -2.08. The number of nitrogens with zero attached hydrogens (tertiary/aromatic N) is 2. The van der Waals surface area contributed by atoms with Crippen LogP contribution in [0.3, 0.4) is 0 Å². The summed E-state index contributed by atoms with van der Waals surface area (Å²) in [4.78, 5) is 4.11. The predicted molar refractivity (Wildman–Crippen MR) is 50.9 cm³/mol. The van der Waals surface area contributed by atoms with E-state index < -0.39 is 0 Å². The zero-order chi connectivity index (χ0) is 9.26. The Bertz CT molecular complexity index is 497. The van der Waals surface area contributed by atoms with Gasteiger partial charge in [-0.25, -0.2) is 0 Å². The van der Waals surface area contributed by atoms with Crippen molar-refractivity contribution < 1.29 is 0 Å². The Labute approximate surface area is 75.4 Å². The standard InChI is InChI=1S/C10H7N3/c11-5-7-1-2-8-4-9(12)6-13-10(8)3-7/h1-4,6H,12H2. The first-order valence-electron chi connectivity index (χ1n) is 3.85. The smallest absolute Gasteiger partial charge is 0.0992 e. The zero-order valence-corrected chi connectivity index (χ0v) is 6.86. The van der Waals surface area contributed by atoms with E-state index in [0.717, 1.165) is 10.9 Å². The second kappa shape index (κ2) is 2.76. The number of hydrogen-bond acceptors (Lipinski definition) is 3. The molecule has 0 spiro atoms. The fourth-order valence-electron chi connectivity index (χ4n) is 1.21. The quantitative estimate of drug-likeness (QED) is 0.652. The molecule has 0 bridgehead atoms. The molecule has 0 atom stereocenters. The molecule has 2 aromatic rings. The minimum atomic E-state index is 0.616. The number of rotatable bonds is 0. The van der Waals surface area contributed by atoms with Crippen LogP contribution in [0.15, 0.2) is 30.5 Å². The summed E-state index contributed by atoms with van der Waals surface area (Å²) in [6.45, 7) is 0. The molecule has 0 saturated carbocycles. The Morgan fingerprint density at radius 3 is 2.92 bits per heavy atom. The lowest BCUT2D eigenvalue weighted by Gasteiger charge is -1.97. The minimum absolute atomic E-state index is 0.616. The van der Waals surface area contributed by atoms with Crippen molar-refractivity contribution in [3.05, 3.63) is 36.0 Å². The molecule has 2 rings (SSSR count). The number of anilines is 1. The van der Waals surface area contributed by atoms with Crippen LogP contribution >= 0.6 is 0 Å². The van der Waals surface area contributed by atoms with Gasteiger partial charge in [0.05, 0.1) is 29.0 Å². The van der Waals surface area contributed by atoms with Crippen LogP contribution in [0.5, 0.6) is 0 Å². The summed E-state index contributed by atoms with van der Waals surface area (Å²) in [6.07, 6.45) is 1.59. The Morgan fingerprint density at radius 1 is 1.31 bits per heavy atom. The first-order valence-corrected chi connectivity index (χ1v) is 3.85. The Morgan fingerprint density at radius 2 is 2.15 bits per heavy atom. The highest BCUT2D eigenvalue weighted by Crippen LogP contribution is 2.15. The number of nitrogens with two attached hydrogens (primary N) is 1. The first kappa shape index (κ1) is 7.56. The number of nitrogen functional groups attached to an aromatic ring is 1. The van der Waals surface area contributed by atoms with Gasteiger partial charge in [0.25, 0.3) is 0 Å². The Kier molecular flexibility index (Phi) is 1.60. The van der Waals surface area contributed by atoms with Gasteiger partial charge in [0.1, 0.15) is 0 Å². The average Bonchev–Trinajstić information content (AvgIpc) is 2.17. The van der Waals surface area contributed by atoms with Crippen molar-refractivity contribution in [2.75, 3.05) is 5.73 Å². The maximum absolute atomic E-state index is 8.65. The van der Waals surface area contributed by atoms with Crippen molar-refractivity contribution in [2.24, 2.45) is 0 Å². The van der Waals surface area contributed by atoms with Gasteiger partial charge in [-0.3, -0.25) is 4.98 Å². The van der Waals surface area contributed by atoms with E-state index in [1.54, 1.807) is 18.3 Å². The van der Waals surface area contributed by atoms with Gasteiger partial charge >= 0.3 is 0 Å². The van der Waals surface area contributed by atoms with Crippen molar-refractivity contribution in [2.45, 2.75) is 0 Å². The van der Waals surface area contributed by atoms with Crippen LogP contribution in [0.1, 0.15) is 5.56 Å². The van der Waals surface area contributed by atoms with Crippen LogP contribution in [0.4, 0.5) is 5.69 Å². The summed E-state index contributed by atoms with van der Waals surface area (Å²) in [5.74, 6) is 0. The van der Waals surface area contributed by atoms with Crippen LogP contribution in [0.25, 0.3) is 10.9 Å². The largest absolute Gasteiger partial charge is 0.397 e. The molecule has 0 aliphatic carbocycles. The molecule has 1 heterocycles. The fraction of sp³-hybridized carbons (Fsp3) is 0. The Balaban J connectivity index is 2.75. The van der Waals surface area contributed by atoms with Crippen molar-refractivity contribution in [1.82, 2.24) is 4.98 Å². The van der Waals surface area contributed by atoms with Gasteiger partial charge in [-0.15, -0.1) is 0 Å². The molecule has 62 valence electrons. The fourth-order valence-corrected chi connectivity index (χ4v) is 1.21. The van der Waals surface area contributed by atoms with E-state index in [1.807, 2.05) is 12.1 Å². The molecule has 1 aromatic heterocycles. The lowest BCUT2D eigenvalue weighted by molar-refractivity contribution is 1.40. The molecule has 0 radical (unpaired) electrons. The lowest BCUT2D eigenvalue weighted by Crippen LogP contribution is -1.87. The molecular formula is C10H7N3. The van der Waals surface area contributed by atoms with E-state index in [2.05, 4.69) is 11.1 Å². The zero-order valence-electron chi connectivity index (χ0n) is 6.86. The molecule has 0 aliphatic heterocycles. The highest BCUT2D eigenvalue weighted by molar-refractivity contribution is 5.82. The van der Waals surface area contributed by atoms with E-state index in [-0.39, 0.29) is 0 Å². The van der Waals surface area contributed by atoms with Crippen LogP contribution < -0.4 is 5.73 Å². The van der Waals surface area contributed by atoms with Gasteiger partial charge in [-0.2, -0.15) is 5.26 Å². The van der Waals surface area contributed by atoms with Gasteiger partial charge in [-0.05, 0) is 18.2 Å². The average molecular weight is 169 g/mol. The van der Waals surface area contributed by atoms with Gasteiger partial charge in [0.2, 0.25) is 0 Å². The molecule has 0 saturated heterocycles. The van der Waals surface area contributed by atoms with E-state index in [1.165, 1.54) is 0 Å². The lowest BCUT2D eigenvalue weighted by atomic mass is 10.1. The molecule has 0 aliphatic rings. The third-order valence-electron chi connectivity index (χ3n) is 1.83. The van der Waals surface area contributed by atoms with Crippen molar-refractivity contribution in [3.8, 4) is 6.07 Å². The van der Waals surface area contributed by atoms with Gasteiger partial charge in [-0.1, -0.05) is 6.07 Å². The van der Waals surface area contributed by atoms with Crippen molar-refractivity contribution >= 4 is 16.6 Å². The molecule has 3 heteroatoms. The summed E-state index contributed by atoms with van der Waals surface area (Å²) >= 11 is 0. The van der Waals surface area contributed by atoms with E-state index in [9.17, 15) is 0 Å². The maximum Gasteiger partial charge on any atom is 0.0992 e. The summed E-state index contributed by atoms with van der Waals surface area (Å²) in [5, 5.41) is 9.61. The highest BCUT2D eigenvalue weighted by Gasteiger charge is 1.96. The number of nitriles is 1. The van der Waals surface area contributed by atoms with Crippen molar-refractivity contribution in [1.29, 1.82) is 5.26 Å². The van der Waals surface area contributed by atoms with Gasteiger partial charge in [0, 0.05) is 5.39 Å². The molecule has 0 amide bonds. The summed E-state index contributed by atoms with van der Waals surface area (Å²) in [5.41, 5.74) is 7.62. The van der Waals surface area contributed by atoms with Crippen molar-refractivity contribution in [3.63, 3.8) is 0 Å². The predicted octanol–water partition coefficient (Wildman–Crippen LogP) is 1.69. The summed E-state index contributed by atoms with van der Waals surface area (Å²) in [7, 11) is 0. The first-order chi connectivity index (χ1) is 6.29. The molecule has 3 nitrogen and oxygen atoms in total. The maximum atomic E-state index is 8.65. The molecule has 0 fully saturated rings. The summed E-state index contributed by atoms with van der Waals surface area (Å²) < 4.78 is 0. The van der Waals surface area contributed by atoms with E-state index in [4.69, 9.17) is 11.0 Å².